The van der Waals surface area contributed by atoms with Crippen LogP contribution in [0, 0.1) is 0 Å². The molecule has 3 aromatic carbocycles. The van der Waals surface area contributed by atoms with E-state index in [0.717, 1.165) is 47.8 Å². The molecule has 1 fully saturated rings. The van der Waals surface area contributed by atoms with E-state index >= 15 is 0 Å². The summed E-state index contributed by atoms with van der Waals surface area (Å²) in [6.45, 7) is 3.86. The number of likely N-dealkylation sites (tertiary alicyclic amines) is 1. The van der Waals surface area contributed by atoms with Crippen molar-refractivity contribution in [3.63, 3.8) is 0 Å². The predicted octanol–water partition coefficient (Wildman–Crippen LogP) is 6.36. The minimum atomic E-state index is -0.100. The fourth-order valence-electron chi connectivity index (χ4n) is 5.11. The number of hydrogen-bond acceptors (Lipinski definition) is 3. The second-order valence-corrected chi connectivity index (χ2v) is 9.93. The van der Waals surface area contributed by atoms with E-state index in [-0.39, 0.29) is 11.8 Å². The minimum absolute atomic E-state index is 0.0659. The predicted molar refractivity (Wildman–Crippen MR) is 146 cm³/mol. The summed E-state index contributed by atoms with van der Waals surface area (Å²) in [5.74, 6) is 1.42. The summed E-state index contributed by atoms with van der Waals surface area (Å²) in [4.78, 5) is 15.6. The van der Waals surface area contributed by atoms with Gasteiger partial charge in [0, 0.05) is 54.6 Å². The first kappa shape index (κ1) is 24.4. The number of carbonyl (C=O) groups is 1. The van der Waals surface area contributed by atoms with Gasteiger partial charge in [-0.05, 0) is 79.5 Å². The van der Waals surface area contributed by atoms with Crippen LogP contribution in [0.15, 0.2) is 79.0 Å². The van der Waals surface area contributed by atoms with Gasteiger partial charge < -0.3 is 19.5 Å². The average Bonchev–Trinajstić information content (AvgIpc) is 3.52. The van der Waals surface area contributed by atoms with E-state index in [2.05, 4.69) is 52.3 Å². The van der Waals surface area contributed by atoms with Crippen LogP contribution < -0.4 is 10.1 Å². The van der Waals surface area contributed by atoms with Gasteiger partial charge in [-0.1, -0.05) is 41.9 Å². The second-order valence-electron chi connectivity index (χ2n) is 9.50. The molecule has 6 heteroatoms. The summed E-state index contributed by atoms with van der Waals surface area (Å²) in [5.41, 5.74) is 3.35. The number of aromatic nitrogens is 1. The number of carbonyl (C=O) groups excluding carboxylic acids is 1. The Morgan fingerprint density at radius 2 is 1.78 bits per heavy atom. The number of aryl methyl sites for hydroxylation is 1. The smallest absolute Gasteiger partial charge is 0.220 e. The molecular weight excluding hydrogens is 470 g/mol. The first-order valence-electron chi connectivity index (χ1n) is 12.6. The Balaban J connectivity index is 1.40. The van der Waals surface area contributed by atoms with Crippen LogP contribution in [0.4, 0.5) is 0 Å². The molecule has 1 aliphatic rings. The van der Waals surface area contributed by atoms with Gasteiger partial charge in [0.15, 0.2) is 0 Å². The van der Waals surface area contributed by atoms with Crippen molar-refractivity contribution < 1.29 is 9.53 Å². The summed E-state index contributed by atoms with van der Waals surface area (Å²) in [5, 5.41) is 5.00. The molecule has 1 saturated heterocycles. The fraction of sp³-hybridized carbons (Fsp3) is 0.300. The van der Waals surface area contributed by atoms with Crippen molar-refractivity contribution >= 4 is 28.4 Å². The first-order valence-corrected chi connectivity index (χ1v) is 13.0. The van der Waals surface area contributed by atoms with Crippen molar-refractivity contribution in [2.24, 2.45) is 7.05 Å². The van der Waals surface area contributed by atoms with Crippen LogP contribution >= 0.6 is 11.6 Å². The Kier molecular flexibility index (Phi) is 7.59. The van der Waals surface area contributed by atoms with E-state index in [1.807, 2.05) is 48.5 Å². The maximum Gasteiger partial charge on any atom is 0.220 e. The summed E-state index contributed by atoms with van der Waals surface area (Å²) >= 11 is 6.02. The third-order valence-corrected chi connectivity index (χ3v) is 7.20. The van der Waals surface area contributed by atoms with Crippen LogP contribution in [0.3, 0.4) is 0 Å². The summed E-state index contributed by atoms with van der Waals surface area (Å²) in [6, 6.07) is 23.7. The normalized spacial score (nSPS) is 14.7. The van der Waals surface area contributed by atoms with Gasteiger partial charge in [0.05, 0.1) is 0 Å². The van der Waals surface area contributed by atoms with Crippen molar-refractivity contribution in [1.82, 2.24) is 14.8 Å². The molecular formula is C30H32ClN3O2. The molecule has 186 valence electrons. The third-order valence-electron chi connectivity index (χ3n) is 6.95. The molecule has 0 radical (unpaired) electrons. The maximum atomic E-state index is 13.1. The molecule has 2 heterocycles. The van der Waals surface area contributed by atoms with E-state index < -0.39 is 0 Å². The topological polar surface area (TPSA) is 46.5 Å². The van der Waals surface area contributed by atoms with Gasteiger partial charge in [0.2, 0.25) is 5.91 Å². The molecule has 0 aliphatic carbocycles. The molecule has 0 spiro atoms. The Morgan fingerprint density at radius 3 is 2.58 bits per heavy atom. The number of amides is 1. The number of rotatable bonds is 9. The Bertz CT molecular complexity index is 1330. The van der Waals surface area contributed by atoms with Crippen LogP contribution in [0.25, 0.3) is 10.9 Å². The first-order chi connectivity index (χ1) is 17.6. The number of nitrogens with one attached hydrogen (secondary N) is 1. The van der Waals surface area contributed by atoms with Crippen LogP contribution in [0.5, 0.6) is 11.5 Å². The lowest BCUT2D eigenvalue weighted by Crippen LogP contribution is -2.34. The molecule has 0 bridgehead atoms. The standard InChI is InChI=1S/C30H32ClN3O2/c1-33-21-28(26-9-2-3-10-29(26)33)27(20-30(35)32-15-18-34-16-4-5-17-34)22-7-6-8-25(19-22)36-24-13-11-23(31)12-14-24/h2-3,6-14,19,21,27H,4-5,15-18,20H2,1H3,(H,32,35)/t27-/m0/s1. The molecule has 36 heavy (non-hydrogen) atoms. The molecule has 5 rings (SSSR count). The van der Waals surface area contributed by atoms with Crippen LogP contribution in [0.1, 0.15) is 36.3 Å². The van der Waals surface area contributed by atoms with Gasteiger partial charge in [-0.3, -0.25) is 4.79 Å². The summed E-state index contributed by atoms with van der Waals surface area (Å²) in [6.07, 6.45) is 5.04. The molecule has 1 amide bonds. The number of nitrogens with zero attached hydrogens (tertiary/aromatic N) is 2. The SMILES string of the molecule is Cn1cc([C@@H](CC(=O)NCCN2CCCC2)c2cccc(Oc3ccc(Cl)cc3)c2)c2ccccc21. The summed E-state index contributed by atoms with van der Waals surface area (Å²) in [7, 11) is 2.05. The third kappa shape index (κ3) is 5.75. The second kappa shape index (κ2) is 11.2. The van der Waals surface area contributed by atoms with Gasteiger partial charge >= 0.3 is 0 Å². The summed E-state index contributed by atoms with van der Waals surface area (Å²) < 4.78 is 8.25. The molecule has 0 saturated carbocycles. The van der Waals surface area contributed by atoms with E-state index in [9.17, 15) is 4.79 Å². The lowest BCUT2D eigenvalue weighted by Gasteiger charge is -2.19. The molecule has 1 N–H and O–H groups in total. The lowest BCUT2D eigenvalue weighted by atomic mass is 9.88. The van der Waals surface area contributed by atoms with Crippen molar-refractivity contribution in [3.05, 3.63) is 95.1 Å². The zero-order chi connectivity index (χ0) is 24.9. The maximum absolute atomic E-state index is 13.1. The molecule has 5 nitrogen and oxygen atoms in total. The highest BCUT2D eigenvalue weighted by Crippen LogP contribution is 2.36. The van der Waals surface area contributed by atoms with Crippen LogP contribution in [-0.4, -0.2) is 41.6 Å². The highest BCUT2D eigenvalue weighted by Gasteiger charge is 2.23. The number of hydrogen-bond donors (Lipinski definition) is 1. The molecule has 1 aliphatic heterocycles. The van der Waals surface area contributed by atoms with E-state index in [1.165, 1.54) is 18.2 Å². The van der Waals surface area contributed by atoms with Crippen LogP contribution in [0.2, 0.25) is 5.02 Å². The molecule has 4 aromatic rings. The molecule has 1 aromatic heterocycles. The van der Waals surface area contributed by atoms with Crippen molar-refractivity contribution in [2.45, 2.75) is 25.2 Å². The Morgan fingerprint density at radius 1 is 1.00 bits per heavy atom. The molecule has 0 unspecified atom stereocenters. The fourth-order valence-corrected chi connectivity index (χ4v) is 5.23. The van der Waals surface area contributed by atoms with Crippen molar-refractivity contribution in [3.8, 4) is 11.5 Å². The minimum Gasteiger partial charge on any atom is -0.457 e. The number of ether oxygens (including phenoxy) is 1. The van der Waals surface area contributed by atoms with Crippen molar-refractivity contribution in [1.29, 1.82) is 0 Å². The molecule has 1 atom stereocenters. The number of para-hydroxylation sites is 1. The quantitative estimate of drug-likeness (QED) is 0.290. The largest absolute Gasteiger partial charge is 0.457 e. The van der Waals surface area contributed by atoms with Crippen molar-refractivity contribution in [2.75, 3.05) is 26.2 Å². The number of halogens is 1. The Labute approximate surface area is 217 Å². The van der Waals surface area contributed by atoms with E-state index in [0.29, 0.717) is 18.0 Å². The van der Waals surface area contributed by atoms with Gasteiger partial charge in [-0.25, -0.2) is 0 Å². The number of benzene rings is 3. The van der Waals surface area contributed by atoms with Crippen LogP contribution in [-0.2, 0) is 11.8 Å². The zero-order valence-electron chi connectivity index (χ0n) is 20.6. The highest BCUT2D eigenvalue weighted by atomic mass is 35.5. The average molecular weight is 502 g/mol. The van der Waals surface area contributed by atoms with Gasteiger partial charge in [0.25, 0.3) is 0 Å². The van der Waals surface area contributed by atoms with E-state index in [4.69, 9.17) is 16.3 Å². The van der Waals surface area contributed by atoms with Gasteiger partial charge in [0.1, 0.15) is 11.5 Å². The van der Waals surface area contributed by atoms with Gasteiger partial charge in [-0.2, -0.15) is 0 Å². The number of fused-ring (bicyclic) bond motifs is 1. The zero-order valence-corrected chi connectivity index (χ0v) is 21.4. The lowest BCUT2D eigenvalue weighted by molar-refractivity contribution is -0.121. The van der Waals surface area contributed by atoms with Gasteiger partial charge in [-0.15, -0.1) is 0 Å². The van der Waals surface area contributed by atoms with E-state index in [1.54, 1.807) is 0 Å². The monoisotopic (exact) mass is 501 g/mol. The Hall–Kier alpha value is -3.28. The highest BCUT2D eigenvalue weighted by molar-refractivity contribution is 6.30.